The molecule has 2 rings (SSSR count). The van der Waals surface area contributed by atoms with Crippen LogP contribution in [0, 0.1) is 11.3 Å². The zero-order valence-electron chi connectivity index (χ0n) is 14.2. The number of piperazine rings is 1. The summed E-state index contributed by atoms with van der Waals surface area (Å²) in [5.41, 5.74) is 0.396. The zero-order chi connectivity index (χ0) is 18.9. The first-order valence-corrected chi connectivity index (χ1v) is 7.89. The van der Waals surface area contributed by atoms with Gasteiger partial charge in [0.05, 0.1) is 30.2 Å². The molecule has 26 heavy (non-hydrogen) atoms. The average molecular weight is 361 g/mol. The van der Waals surface area contributed by atoms with Gasteiger partial charge in [0.15, 0.2) is 6.61 Å². The summed E-state index contributed by atoms with van der Waals surface area (Å²) in [6, 6.07) is 1.45. The smallest absolute Gasteiger partial charge is 0.405 e. The lowest BCUT2D eigenvalue weighted by Gasteiger charge is -2.34. The number of hydrogen-bond acceptors (Lipinski definition) is 8. The van der Waals surface area contributed by atoms with E-state index in [1.807, 2.05) is 11.0 Å². The van der Waals surface area contributed by atoms with E-state index in [-0.39, 0.29) is 12.5 Å². The fourth-order valence-corrected chi connectivity index (χ4v) is 2.25. The number of oxime groups is 1. The molecular weight excluding hydrogens is 342 g/mol. The van der Waals surface area contributed by atoms with Crippen molar-refractivity contribution in [3.8, 4) is 6.07 Å². The van der Waals surface area contributed by atoms with Crippen molar-refractivity contribution >= 4 is 24.2 Å². The number of amides is 2. The molecule has 11 heteroatoms. The molecule has 0 bridgehead atoms. The maximum Gasteiger partial charge on any atom is 0.405 e. The van der Waals surface area contributed by atoms with Crippen molar-refractivity contribution in [2.45, 2.75) is 13.0 Å². The quantitative estimate of drug-likeness (QED) is 0.517. The molecule has 1 aromatic rings. The largest absolute Gasteiger partial charge is 0.465 e. The lowest BCUT2D eigenvalue weighted by molar-refractivity contribution is -0.136. The number of aromatic nitrogens is 2. The van der Waals surface area contributed by atoms with Crippen LogP contribution in [0.4, 0.5) is 10.7 Å². The summed E-state index contributed by atoms with van der Waals surface area (Å²) in [6.07, 6.45) is 3.03. The van der Waals surface area contributed by atoms with Gasteiger partial charge < -0.3 is 25.1 Å². The topological polar surface area (TPSA) is 144 Å². The molecule has 2 N–H and O–H groups in total. The van der Waals surface area contributed by atoms with Gasteiger partial charge in [0.25, 0.3) is 5.91 Å². The van der Waals surface area contributed by atoms with Crippen molar-refractivity contribution in [3.63, 3.8) is 0 Å². The average Bonchev–Trinajstić information content (AvgIpc) is 2.64. The first kappa shape index (κ1) is 18.9. The van der Waals surface area contributed by atoms with Gasteiger partial charge in [-0.2, -0.15) is 5.26 Å². The maximum absolute atomic E-state index is 12.1. The van der Waals surface area contributed by atoms with Crippen LogP contribution in [-0.2, 0) is 9.63 Å². The second-order valence-electron chi connectivity index (χ2n) is 5.52. The van der Waals surface area contributed by atoms with Crippen molar-refractivity contribution in [2.24, 2.45) is 5.16 Å². The first-order chi connectivity index (χ1) is 12.5. The van der Waals surface area contributed by atoms with Gasteiger partial charge in [-0.1, -0.05) is 5.16 Å². The zero-order valence-corrected chi connectivity index (χ0v) is 14.2. The van der Waals surface area contributed by atoms with Crippen molar-refractivity contribution in [2.75, 3.05) is 37.7 Å². The van der Waals surface area contributed by atoms with E-state index >= 15 is 0 Å². The summed E-state index contributed by atoms with van der Waals surface area (Å²) in [4.78, 5) is 39.3. The number of carbonyl (C=O) groups excluding carboxylic acids is 1. The summed E-state index contributed by atoms with van der Waals surface area (Å²) in [6.45, 7) is 3.50. The van der Waals surface area contributed by atoms with Crippen LogP contribution in [0.2, 0.25) is 0 Å². The molecule has 1 aliphatic rings. The highest BCUT2D eigenvalue weighted by molar-refractivity contribution is 5.78. The van der Waals surface area contributed by atoms with E-state index in [4.69, 9.17) is 15.2 Å². The number of rotatable bonds is 6. The summed E-state index contributed by atoms with van der Waals surface area (Å²) in [5, 5.41) is 23.0. The van der Waals surface area contributed by atoms with Gasteiger partial charge in [-0.3, -0.25) is 4.79 Å². The molecule has 2 amide bonds. The first-order valence-electron chi connectivity index (χ1n) is 7.89. The lowest BCUT2D eigenvalue weighted by Crippen LogP contribution is -2.50. The highest BCUT2D eigenvalue weighted by Crippen LogP contribution is 2.11. The van der Waals surface area contributed by atoms with Crippen LogP contribution in [0.1, 0.15) is 12.5 Å². The Bertz CT molecular complexity index is 693. The predicted molar refractivity (Wildman–Crippen MR) is 90.6 cm³/mol. The highest BCUT2D eigenvalue weighted by Gasteiger charge is 2.22. The SMILES string of the molecule is CC(C=NOCC(=O)N1CCN(c2ncc(C#N)cn2)CC1)NC(=O)O. The van der Waals surface area contributed by atoms with E-state index < -0.39 is 12.1 Å². The maximum atomic E-state index is 12.1. The molecule has 1 unspecified atom stereocenters. The lowest BCUT2D eigenvalue weighted by atomic mass is 10.3. The highest BCUT2D eigenvalue weighted by atomic mass is 16.6. The molecule has 138 valence electrons. The summed E-state index contributed by atoms with van der Waals surface area (Å²) < 4.78 is 0. The molecule has 1 aliphatic heterocycles. The molecule has 1 saturated heterocycles. The molecule has 1 aromatic heterocycles. The fraction of sp³-hybridized carbons (Fsp3) is 0.467. The van der Waals surface area contributed by atoms with E-state index in [0.29, 0.717) is 37.7 Å². The molecule has 1 atom stereocenters. The van der Waals surface area contributed by atoms with E-state index in [9.17, 15) is 9.59 Å². The van der Waals surface area contributed by atoms with Crippen molar-refractivity contribution < 1.29 is 19.5 Å². The third-order valence-electron chi connectivity index (χ3n) is 3.58. The van der Waals surface area contributed by atoms with Crippen molar-refractivity contribution in [3.05, 3.63) is 18.0 Å². The number of anilines is 1. The monoisotopic (exact) mass is 361 g/mol. The molecule has 1 fully saturated rings. The minimum absolute atomic E-state index is 0.207. The van der Waals surface area contributed by atoms with Crippen molar-refractivity contribution in [1.82, 2.24) is 20.2 Å². The summed E-state index contributed by atoms with van der Waals surface area (Å²) in [7, 11) is 0. The summed E-state index contributed by atoms with van der Waals surface area (Å²) >= 11 is 0. The van der Waals surface area contributed by atoms with Crippen LogP contribution in [0.5, 0.6) is 0 Å². The Morgan fingerprint density at radius 1 is 1.42 bits per heavy atom. The minimum atomic E-state index is -1.16. The van der Waals surface area contributed by atoms with E-state index in [1.165, 1.54) is 18.6 Å². The Hall–Kier alpha value is -3.42. The van der Waals surface area contributed by atoms with Crippen LogP contribution in [0.25, 0.3) is 0 Å². The van der Waals surface area contributed by atoms with Gasteiger partial charge >= 0.3 is 6.09 Å². The number of nitrogens with zero attached hydrogens (tertiary/aromatic N) is 6. The van der Waals surface area contributed by atoms with Gasteiger partial charge in [-0.15, -0.1) is 0 Å². The van der Waals surface area contributed by atoms with Crippen LogP contribution < -0.4 is 10.2 Å². The molecule has 0 aromatic carbocycles. The number of nitriles is 1. The predicted octanol–water partition coefficient (Wildman–Crippen LogP) is -0.345. The number of nitrogens with one attached hydrogen (secondary N) is 1. The Morgan fingerprint density at radius 3 is 2.65 bits per heavy atom. The van der Waals surface area contributed by atoms with Gasteiger partial charge in [0, 0.05) is 26.2 Å². The standard InChI is InChI=1S/C15H19N7O4/c1-11(20-15(24)25)7-19-26-10-13(23)21-2-4-22(5-3-21)14-17-8-12(6-16)9-18-14/h7-9,11,20H,2-5,10H2,1H3,(H,24,25). The number of carboxylic acid groups (broad SMARTS) is 1. The molecule has 0 radical (unpaired) electrons. The molecule has 0 saturated carbocycles. The van der Waals surface area contributed by atoms with Gasteiger partial charge in [0.2, 0.25) is 5.95 Å². The van der Waals surface area contributed by atoms with E-state index in [1.54, 1.807) is 11.8 Å². The minimum Gasteiger partial charge on any atom is -0.465 e. The molecule has 2 heterocycles. The van der Waals surface area contributed by atoms with E-state index in [0.717, 1.165) is 0 Å². The number of hydrogen-bond donors (Lipinski definition) is 2. The Kier molecular flexibility index (Phi) is 6.67. The van der Waals surface area contributed by atoms with Crippen LogP contribution in [0.15, 0.2) is 17.5 Å². The van der Waals surface area contributed by atoms with Gasteiger partial charge in [0.1, 0.15) is 6.07 Å². The normalized spacial score (nSPS) is 15.4. The van der Waals surface area contributed by atoms with Crippen molar-refractivity contribution in [1.29, 1.82) is 5.26 Å². The van der Waals surface area contributed by atoms with Gasteiger partial charge in [-0.25, -0.2) is 14.8 Å². The molecular formula is C15H19N7O4. The fourth-order valence-electron chi connectivity index (χ4n) is 2.25. The Morgan fingerprint density at radius 2 is 2.08 bits per heavy atom. The Labute approximate surface area is 149 Å². The Balaban J connectivity index is 1.73. The third kappa shape index (κ3) is 5.59. The van der Waals surface area contributed by atoms with Gasteiger partial charge in [-0.05, 0) is 6.92 Å². The molecule has 0 spiro atoms. The second-order valence-corrected chi connectivity index (χ2v) is 5.52. The summed E-state index contributed by atoms with van der Waals surface area (Å²) in [5.74, 6) is 0.318. The number of carbonyl (C=O) groups is 2. The second kappa shape index (κ2) is 9.16. The molecule has 0 aliphatic carbocycles. The van der Waals surface area contributed by atoms with Crippen LogP contribution in [0.3, 0.4) is 0 Å². The third-order valence-corrected chi connectivity index (χ3v) is 3.58. The molecule has 11 nitrogen and oxygen atoms in total. The van der Waals surface area contributed by atoms with E-state index in [2.05, 4.69) is 20.4 Å². The van der Waals surface area contributed by atoms with Crippen LogP contribution in [-0.4, -0.2) is 77.0 Å². The van der Waals surface area contributed by atoms with Crippen LogP contribution >= 0.6 is 0 Å².